The van der Waals surface area contributed by atoms with E-state index in [4.69, 9.17) is 4.99 Å². The Morgan fingerprint density at radius 1 is 0.857 bits per heavy atom. The van der Waals surface area contributed by atoms with Gasteiger partial charge >= 0.3 is 6.97 Å². The average Bonchev–Trinajstić information content (AvgIpc) is 3.39. The fraction of sp³-hybridized carbons (Fsp3) is 0.0769. The van der Waals surface area contributed by atoms with Crippen LogP contribution in [0.2, 0.25) is 0 Å². The Hall–Kier alpha value is -4.76. The average molecular weight is 462 g/mol. The summed E-state index contributed by atoms with van der Waals surface area (Å²) in [5.74, 6) is 0.507. The van der Waals surface area contributed by atoms with E-state index in [1.54, 1.807) is 79.7 Å². The van der Waals surface area contributed by atoms with E-state index in [2.05, 4.69) is 12.1 Å². The van der Waals surface area contributed by atoms with Crippen molar-refractivity contribution in [1.82, 2.24) is 9.38 Å². The fourth-order valence-electron chi connectivity index (χ4n) is 5.23. The zero-order chi connectivity index (χ0) is 24.5. The minimum absolute atomic E-state index is 0.0194. The van der Waals surface area contributed by atoms with Gasteiger partial charge < -0.3 is 22.5 Å². The molecule has 0 atom stereocenters. The Balaban J connectivity index is 1.84. The Bertz CT molecular complexity index is 1730. The third-order valence-electron chi connectivity index (χ3n) is 6.56. The number of aromatic nitrogens is 1. The Morgan fingerprint density at radius 2 is 1.49 bits per heavy atom. The largest absolute Gasteiger partial charge is 0.609 e. The molecule has 3 aromatic carbocycles. The summed E-state index contributed by atoms with van der Waals surface area (Å²) < 4.78 is 35.6. The summed E-state index contributed by atoms with van der Waals surface area (Å²) in [5.41, 5.74) is 2.31. The van der Waals surface area contributed by atoms with E-state index < -0.39 is 6.97 Å². The monoisotopic (exact) mass is 462 g/mol. The summed E-state index contributed by atoms with van der Waals surface area (Å²) >= 11 is 0. The van der Waals surface area contributed by atoms with E-state index in [0.29, 0.717) is 33.3 Å². The predicted octanol–water partition coefficient (Wildman–Crippen LogP) is 4.70. The molecule has 0 spiro atoms. The maximum absolute atomic E-state index is 16.8. The van der Waals surface area contributed by atoms with Crippen molar-refractivity contribution < 1.29 is 13.1 Å². The Kier molecular flexibility index (Phi) is 4.24. The van der Waals surface area contributed by atoms with Gasteiger partial charge in [-0.25, -0.2) is 0 Å². The standard InChI is InChI=1S/C26H17BF2N6/c1-33(2)26-20-12-6-5-11-19(20)24-32-25-22-17(15-31)9-7-13-21(22)23(34(25)27(28,29)35(24)26)18-10-4-3-8-16(18)14-30/h3-13H,1-2H3. The highest BCUT2D eigenvalue weighted by molar-refractivity contribution is 6.62. The van der Waals surface area contributed by atoms with Crippen molar-refractivity contribution in [3.8, 4) is 23.4 Å². The van der Waals surface area contributed by atoms with Gasteiger partial charge in [-0.15, -0.1) is 0 Å². The van der Waals surface area contributed by atoms with Crippen molar-refractivity contribution in [2.45, 2.75) is 0 Å². The normalized spacial score (nSPS) is 15.1. The molecule has 6 nitrogen and oxygen atoms in total. The van der Waals surface area contributed by atoms with Crippen LogP contribution in [0.25, 0.3) is 22.0 Å². The molecule has 9 heteroatoms. The number of nitrogens with zero attached hydrogens (tertiary/aromatic N) is 6. The zero-order valence-electron chi connectivity index (χ0n) is 18.9. The zero-order valence-corrected chi connectivity index (χ0v) is 18.9. The second kappa shape index (κ2) is 7.12. The highest BCUT2D eigenvalue weighted by Gasteiger charge is 2.52. The summed E-state index contributed by atoms with van der Waals surface area (Å²) in [6, 6.07) is 23.1. The molecule has 0 fully saturated rings. The third kappa shape index (κ3) is 2.61. The number of nitriles is 2. The number of amidine groups is 2. The van der Waals surface area contributed by atoms with Gasteiger partial charge in [-0.3, -0.25) is 0 Å². The molecule has 0 radical (unpaired) electrons. The summed E-state index contributed by atoms with van der Waals surface area (Å²) in [6.45, 7) is -4.46. The molecule has 0 saturated carbocycles. The van der Waals surface area contributed by atoms with Gasteiger partial charge in [0, 0.05) is 16.6 Å². The van der Waals surface area contributed by atoms with E-state index in [1.165, 1.54) is 0 Å². The maximum atomic E-state index is 16.8. The maximum Gasteiger partial charge on any atom is 0.609 e. The Morgan fingerprint density at radius 3 is 2.17 bits per heavy atom. The van der Waals surface area contributed by atoms with E-state index in [0.717, 1.165) is 8.96 Å². The number of hydrogen-bond donors (Lipinski definition) is 0. The van der Waals surface area contributed by atoms with Gasteiger partial charge in [-0.1, -0.05) is 47.5 Å². The van der Waals surface area contributed by atoms with Gasteiger partial charge in [0.1, 0.15) is 0 Å². The number of halogens is 2. The lowest BCUT2D eigenvalue weighted by atomic mass is 9.91. The molecule has 0 aliphatic carbocycles. The summed E-state index contributed by atoms with van der Waals surface area (Å²) in [4.78, 5) is 6.44. The molecule has 168 valence electrons. The molecule has 0 amide bonds. The Labute approximate surface area is 200 Å². The first-order valence-corrected chi connectivity index (χ1v) is 11.0. The highest BCUT2D eigenvalue weighted by atomic mass is 19.2. The van der Waals surface area contributed by atoms with Gasteiger partial charge in [0.05, 0.1) is 53.9 Å². The molecule has 0 N–H and O–H groups in total. The molecule has 0 unspecified atom stereocenters. The smallest absolute Gasteiger partial charge is 0.422 e. The van der Waals surface area contributed by atoms with Crippen LogP contribution in [0.1, 0.15) is 22.3 Å². The molecular formula is C26H17BF2N6. The SMILES string of the molecule is CN(C)C1=[N+]2C(=Nc3c4c(C#N)cccc4c(-c4ccccc4C#N)n3[B-]2(F)F)c2ccccc21. The van der Waals surface area contributed by atoms with Crippen LogP contribution in [0.5, 0.6) is 0 Å². The second-order valence-corrected chi connectivity index (χ2v) is 8.70. The van der Waals surface area contributed by atoms with E-state index in [-0.39, 0.29) is 28.5 Å². The lowest BCUT2D eigenvalue weighted by Crippen LogP contribution is -2.54. The van der Waals surface area contributed by atoms with Crippen molar-refractivity contribution in [2.75, 3.05) is 14.1 Å². The lowest BCUT2D eigenvalue weighted by Gasteiger charge is -2.34. The van der Waals surface area contributed by atoms with Crippen molar-refractivity contribution in [3.63, 3.8) is 0 Å². The predicted molar refractivity (Wildman–Crippen MR) is 131 cm³/mol. The quantitative estimate of drug-likeness (QED) is 0.385. The molecule has 2 aliphatic rings. The second-order valence-electron chi connectivity index (χ2n) is 8.70. The van der Waals surface area contributed by atoms with Crippen LogP contribution in [0, 0.1) is 22.7 Å². The minimum atomic E-state index is -4.46. The number of rotatable bonds is 1. The molecule has 0 bridgehead atoms. The lowest BCUT2D eigenvalue weighted by molar-refractivity contribution is -0.299. The molecule has 35 heavy (non-hydrogen) atoms. The fourth-order valence-corrected chi connectivity index (χ4v) is 5.23. The van der Waals surface area contributed by atoms with Crippen LogP contribution in [0.15, 0.2) is 71.7 Å². The van der Waals surface area contributed by atoms with Crippen LogP contribution < -0.4 is 0 Å². The molecule has 4 aromatic rings. The van der Waals surface area contributed by atoms with E-state index in [9.17, 15) is 10.5 Å². The van der Waals surface area contributed by atoms with Crippen LogP contribution in [0.4, 0.5) is 14.4 Å². The van der Waals surface area contributed by atoms with Crippen molar-refractivity contribution in [2.24, 2.45) is 4.99 Å². The first-order valence-electron chi connectivity index (χ1n) is 11.0. The van der Waals surface area contributed by atoms with Crippen LogP contribution in [-0.2, 0) is 0 Å². The van der Waals surface area contributed by atoms with E-state index in [1.807, 2.05) is 6.07 Å². The molecule has 3 heterocycles. The first kappa shape index (κ1) is 20.8. The molecule has 2 aliphatic heterocycles. The van der Waals surface area contributed by atoms with Crippen LogP contribution in [0.3, 0.4) is 0 Å². The molecule has 0 saturated heterocycles. The summed E-state index contributed by atoms with van der Waals surface area (Å²) in [6.07, 6.45) is 0. The topological polar surface area (TPSA) is 71.1 Å². The number of fused-ring (bicyclic) bond motifs is 6. The van der Waals surface area contributed by atoms with Gasteiger partial charge in [0.15, 0.2) is 11.7 Å². The highest BCUT2D eigenvalue weighted by Crippen LogP contribution is 2.47. The van der Waals surface area contributed by atoms with Crippen LogP contribution >= 0.6 is 0 Å². The number of benzene rings is 3. The van der Waals surface area contributed by atoms with Crippen molar-refractivity contribution in [1.29, 1.82) is 10.5 Å². The van der Waals surface area contributed by atoms with Gasteiger partial charge in [-0.2, -0.15) is 10.5 Å². The van der Waals surface area contributed by atoms with Gasteiger partial charge in [0.2, 0.25) is 5.84 Å². The molecular weight excluding hydrogens is 445 g/mol. The third-order valence-corrected chi connectivity index (χ3v) is 6.56. The first-order chi connectivity index (χ1) is 16.9. The van der Waals surface area contributed by atoms with Crippen LogP contribution in [-0.4, -0.2) is 46.6 Å². The van der Waals surface area contributed by atoms with Crippen molar-refractivity contribution >= 4 is 35.2 Å². The van der Waals surface area contributed by atoms with Gasteiger partial charge in [-0.05, 0) is 24.3 Å². The minimum Gasteiger partial charge on any atom is -0.422 e. The molecule has 1 aromatic heterocycles. The van der Waals surface area contributed by atoms with Gasteiger partial charge in [0.25, 0.3) is 0 Å². The summed E-state index contributed by atoms with van der Waals surface area (Å²) in [5, 5.41) is 20.4. The van der Waals surface area contributed by atoms with E-state index >= 15 is 8.63 Å². The van der Waals surface area contributed by atoms with Crippen molar-refractivity contribution in [3.05, 3.63) is 89.0 Å². The molecule has 6 rings (SSSR count). The summed E-state index contributed by atoms with van der Waals surface area (Å²) in [7, 11) is 3.45. The number of hydrogen-bond acceptors (Lipinski definition) is 4. The number of aliphatic imine (C=N–C) groups is 1.